The lowest BCUT2D eigenvalue weighted by Crippen LogP contribution is -2.34. The van der Waals surface area contributed by atoms with Crippen molar-refractivity contribution in [3.8, 4) is 6.07 Å². The summed E-state index contributed by atoms with van der Waals surface area (Å²) in [7, 11) is 0. The Kier molecular flexibility index (Phi) is 20.2. The van der Waals surface area contributed by atoms with Crippen molar-refractivity contribution in [1.29, 1.82) is 5.26 Å². The lowest BCUT2D eigenvalue weighted by molar-refractivity contribution is -0.120. The molecule has 1 aromatic rings. The molecule has 0 saturated carbocycles. The molecule has 0 bridgehead atoms. The number of nitrogens with zero attached hydrogens (tertiary/aromatic N) is 2. The molecule has 0 spiro atoms. The van der Waals surface area contributed by atoms with E-state index in [1.54, 1.807) is 6.92 Å². The molecule has 31 heavy (non-hydrogen) atoms. The Bertz CT molecular complexity index is 819. The Balaban J connectivity index is -0.000000187. The number of rotatable bonds is 5. The monoisotopic (exact) mass is 442 g/mol. The largest absolute Gasteiger partial charge is 0.385 e. The second-order valence-corrected chi connectivity index (χ2v) is 6.81. The van der Waals surface area contributed by atoms with Gasteiger partial charge in [0.05, 0.1) is 11.6 Å². The van der Waals surface area contributed by atoms with E-state index in [1.165, 1.54) is 11.5 Å². The van der Waals surface area contributed by atoms with Crippen LogP contribution in [0.15, 0.2) is 9.59 Å². The van der Waals surface area contributed by atoms with E-state index < -0.39 is 17.6 Å². The molecule has 1 heterocycles. The molecule has 0 aliphatic heterocycles. The number of primary amides is 1. The highest BCUT2D eigenvalue weighted by Crippen LogP contribution is 2.14. The third kappa shape index (κ3) is 12.9. The third-order valence-corrected chi connectivity index (χ3v) is 3.77. The van der Waals surface area contributed by atoms with Crippen LogP contribution in [0.1, 0.15) is 74.8 Å². The number of nitrogens with one attached hydrogen (secondary N) is 2. The maximum Gasteiger partial charge on any atom is 0.329 e. The molecular weight excluding hydrogens is 400 g/mol. The molecule has 1 rings (SSSR count). The SMILES string of the molecule is C.C.CC(=O)C(C#N)C(C)C.CCNC(N)=O.CCn1c(N)c(C(C)C)c(=O)[nH]c1=O. The van der Waals surface area contributed by atoms with Crippen LogP contribution in [-0.4, -0.2) is 27.9 Å². The third-order valence-electron chi connectivity index (χ3n) is 3.77. The number of Topliss-reactive ketones (excluding diaryl/α,β-unsaturated/α-hetero) is 1. The number of nitrogens with two attached hydrogens (primary N) is 2. The van der Waals surface area contributed by atoms with Crippen molar-refractivity contribution >= 4 is 17.6 Å². The standard InChI is InChI=1S/C9H15N3O2.C7H11NO.C3H8N2O.2CH4/c1-4-12-7(10)6(5(2)3)8(13)11-9(12)14;1-5(2)7(4-8)6(3)9;1-2-5-3(4)6;;/h5H,4,10H2,1-3H3,(H,11,13,14);5,7H,1-3H3;2H2,1H3,(H3,4,5,6);2*1H4. The van der Waals surface area contributed by atoms with Crippen LogP contribution in [0.25, 0.3) is 0 Å². The maximum atomic E-state index is 11.4. The lowest BCUT2D eigenvalue weighted by atomic mass is 9.94. The first-order valence-corrected chi connectivity index (χ1v) is 9.41. The van der Waals surface area contributed by atoms with Crippen LogP contribution < -0.4 is 28.0 Å². The van der Waals surface area contributed by atoms with Gasteiger partial charge in [0.1, 0.15) is 17.5 Å². The number of anilines is 1. The van der Waals surface area contributed by atoms with E-state index >= 15 is 0 Å². The van der Waals surface area contributed by atoms with Crippen LogP contribution >= 0.6 is 0 Å². The molecule has 6 N–H and O–H groups in total. The van der Waals surface area contributed by atoms with Crippen molar-refractivity contribution < 1.29 is 9.59 Å². The van der Waals surface area contributed by atoms with Crippen molar-refractivity contribution in [2.24, 2.45) is 17.6 Å². The van der Waals surface area contributed by atoms with Gasteiger partial charge in [-0.3, -0.25) is 19.1 Å². The lowest BCUT2D eigenvalue weighted by Gasteiger charge is -2.12. The van der Waals surface area contributed by atoms with Crippen LogP contribution in [-0.2, 0) is 11.3 Å². The topological polar surface area (TPSA) is 177 Å². The van der Waals surface area contributed by atoms with E-state index in [1.807, 2.05) is 40.7 Å². The Hall–Kier alpha value is -3.09. The van der Waals surface area contributed by atoms with Crippen molar-refractivity contribution in [2.75, 3.05) is 12.3 Å². The molecule has 0 radical (unpaired) electrons. The van der Waals surface area contributed by atoms with E-state index in [4.69, 9.17) is 11.0 Å². The number of aromatic nitrogens is 2. The van der Waals surface area contributed by atoms with Crippen LogP contribution in [0, 0.1) is 23.2 Å². The molecule has 0 aliphatic rings. The van der Waals surface area contributed by atoms with Crippen LogP contribution in [0.2, 0.25) is 0 Å². The Morgan fingerprint density at radius 3 is 1.84 bits per heavy atom. The van der Waals surface area contributed by atoms with Gasteiger partial charge in [0.25, 0.3) is 5.56 Å². The van der Waals surface area contributed by atoms with E-state index in [9.17, 15) is 19.2 Å². The second kappa shape index (κ2) is 17.7. The van der Waals surface area contributed by atoms with Crippen molar-refractivity contribution in [3.05, 3.63) is 26.4 Å². The Labute approximate surface area is 186 Å². The van der Waals surface area contributed by atoms with Crippen molar-refractivity contribution in [2.45, 2.75) is 75.8 Å². The summed E-state index contributed by atoms with van der Waals surface area (Å²) in [5.74, 6) is -0.0154. The van der Waals surface area contributed by atoms with Gasteiger partial charge in [-0.05, 0) is 32.6 Å². The number of H-pyrrole nitrogens is 1. The minimum absolute atomic E-state index is 0. The molecule has 2 amide bonds. The summed E-state index contributed by atoms with van der Waals surface area (Å²) in [6.07, 6.45) is 0. The van der Waals surface area contributed by atoms with Crippen LogP contribution in [0.4, 0.5) is 10.6 Å². The molecule has 0 saturated heterocycles. The summed E-state index contributed by atoms with van der Waals surface area (Å²) in [6.45, 7) is 13.6. The first kappa shape index (κ1) is 35.4. The zero-order valence-electron chi connectivity index (χ0n) is 18.3. The van der Waals surface area contributed by atoms with Gasteiger partial charge in [0.15, 0.2) is 0 Å². The fourth-order valence-electron chi connectivity index (χ4n) is 2.36. The summed E-state index contributed by atoms with van der Waals surface area (Å²) in [6, 6.07) is 1.49. The zero-order chi connectivity index (χ0) is 23.3. The van der Waals surface area contributed by atoms with Gasteiger partial charge in [-0.2, -0.15) is 5.26 Å². The van der Waals surface area contributed by atoms with E-state index in [-0.39, 0.29) is 43.8 Å². The average Bonchev–Trinajstić information content (AvgIpc) is 2.55. The van der Waals surface area contributed by atoms with E-state index in [0.717, 1.165) is 0 Å². The Morgan fingerprint density at radius 1 is 1.16 bits per heavy atom. The number of amides is 2. The highest BCUT2D eigenvalue weighted by atomic mass is 16.2. The van der Waals surface area contributed by atoms with Gasteiger partial charge in [-0.25, -0.2) is 9.59 Å². The first-order chi connectivity index (χ1) is 13.3. The number of hydrogen-bond acceptors (Lipinski definition) is 6. The summed E-state index contributed by atoms with van der Waals surface area (Å²) in [4.78, 5) is 45.3. The second-order valence-electron chi connectivity index (χ2n) is 6.81. The fraction of sp³-hybridized carbons (Fsp3) is 0.667. The van der Waals surface area contributed by atoms with Gasteiger partial charge in [0.2, 0.25) is 0 Å². The smallest absolute Gasteiger partial charge is 0.329 e. The number of aromatic amines is 1. The number of hydrogen-bond donors (Lipinski definition) is 4. The number of urea groups is 1. The van der Waals surface area contributed by atoms with Crippen LogP contribution in [0.5, 0.6) is 0 Å². The molecule has 1 unspecified atom stereocenters. The maximum absolute atomic E-state index is 11.4. The molecule has 0 aliphatic carbocycles. The number of nitriles is 1. The van der Waals surface area contributed by atoms with E-state index in [2.05, 4.69) is 16.0 Å². The first-order valence-electron chi connectivity index (χ1n) is 9.41. The van der Waals surface area contributed by atoms with Gasteiger partial charge in [0, 0.05) is 13.1 Å². The minimum Gasteiger partial charge on any atom is -0.385 e. The summed E-state index contributed by atoms with van der Waals surface area (Å²) >= 11 is 0. The predicted molar refractivity (Wildman–Crippen MR) is 127 cm³/mol. The van der Waals surface area contributed by atoms with Crippen LogP contribution in [0.3, 0.4) is 0 Å². The molecule has 1 aromatic heterocycles. The number of carbonyl (C=O) groups is 2. The van der Waals surface area contributed by atoms with Gasteiger partial charge in [-0.15, -0.1) is 0 Å². The fourth-order valence-corrected chi connectivity index (χ4v) is 2.36. The predicted octanol–water partition coefficient (Wildman–Crippen LogP) is 2.58. The molecule has 10 nitrogen and oxygen atoms in total. The van der Waals surface area contributed by atoms with Gasteiger partial charge < -0.3 is 16.8 Å². The summed E-state index contributed by atoms with van der Waals surface area (Å²) in [5, 5.41) is 10.7. The molecule has 1 atom stereocenters. The highest BCUT2D eigenvalue weighted by molar-refractivity contribution is 5.80. The van der Waals surface area contributed by atoms with Crippen molar-refractivity contribution in [3.63, 3.8) is 0 Å². The van der Waals surface area contributed by atoms with Gasteiger partial charge >= 0.3 is 11.7 Å². The Morgan fingerprint density at radius 2 is 1.65 bits per heavy atom. The number of nitrogen functional groups attached to an aromatic ring is 1. The quantitative estimate of drug-likeness (QED) is 0.544. The zero-order valence-corrected chi connectivity index (χ0v) is 18.3. The number of carbonyl (C=O) groups excluding carboxylic acids is 2. The number of ketones is 1. The molecule has 0 aromatic carbocycles. The van der Waals surface area contributed by atoms with Crippen molar-refractivity contribution in [1.82, 2.24) is 14.9 Å². The molecule has 0 fully saturated rings. The average molecular weight is 443 g/mol. The normalized spacial score (nSPS) is 10.1. The minimum atomic E-state index is -0.461. The molecule has 10 heteroatoms. The summed E-state index contributed by atoms with van der Waals surface area (Å²) in [5.41, 5.74) is 10.0. The summed E-state index contributed by atoms with van der Waals surface area (Å²) < 4.78 is 1.36. The highest BCUT2D eigenvalue weighted by Gasteiger charge is 2.16. The molecular formula is C21H42N6O4. The van der Waals surface area contributed by atoms with Gasteiger partial charge in [-0.1, -0.05) is 42.5 Å². The van der Waals surface area contributed by atoms with E-state index in [0.29, 0.717) is 18.7 Å². The molecule has 180 valence electrons.